The Hall–Kier alpha value is -0.390. The van der Waals surface area contributed by atoms with Crippen LogP contribution in [0.4, 0.5) is 8.78 Å². The lowest BCUT2D eigenvalue weighted by molar-refractivity contribution is 0.115. The molecular weight excluding hydrogens is 279 g/mol. The summed E-state index contributed by atoms with van der Waals surface area (Å²) in [5.74, 6) is -0.342. The van der Waals surface area contributed by atoms with Gasteiger partial charge in [0, 0.05) is 5.56 Å². The van der Waals surface area contributed by atoms with E-state index in [1.807, 2.05) is 0 Å². The molecule has 0 aliphatic carbocycles. The molecule has 0 aromatic heterocycles. The number of phenols is 1. The molecule has 0 aliphatic rings. The average molecular weight is 287 g/mol. The molecule has 0 fully saturated rings. The largest absolute Gasteiger partial charge is 0.506 e. The van der Waals surface area contributed by atoms with Gasteiger partial charge in [-0.1, -0.05) is 17.7 Å². The monoisotopic (exact) mass is 285 g/mol. The van der Waals surface area contributed by atoms with E-state index in [4.69, 9.17) is 17.3 Å². The van der Waals surface area contributed by atoms with Crippen molar-refractivity contribution >= 4 is 27.5 Å². The zero-order valence-corrected chi connectivity index (χ0v) is 9.19. The van der Waals surface area contributed by atoms with Crippen LogP contribution in [0.2, 0.25) is 5.02 Å². The fourth-order valence-corrected chi connectivity index (χ4v) is 1.47. The van der Waals surface area contributed by atoms with E-state index in [-0.39, 0.29) is 20.8 Å². The Kier molecular flexibility index (Phi) is 3.69. The van der Waals surface area contributed by atoms with Crippen LogP contribution in [0, 0.1) is 0 Å². The molecule has 0 radical (unpaired) electrons. The number of nitrogens with two attached hydrogens (primary N) is 1. The van der Waals surface area contributed by atoms with Crippen LogP contribution in [0.5, 0.6) is 5.75 Å². The summed E-state index contributed by atoms with van der Waals surface area (Å²) in [4.78, 5) is 0. The number of hydrogen-bond donors (Lipinski definition) is 2. The topological polar surface area (TPSA) is 46.2 Å². The fourth-order valence-electron chi connectivity index (χ4n) is 0.960. The van der Waals surface area contributed by atoms with Crippen LogP contribution >= 0.6 is 27.5 Å². The molecule has 14 heavy (non-hydrogen) atoms. The Morgan fingerprint density at radius 2 is 2.00 bits per heavy atom. The minimum atomic E-state index is -2.73. The van der Waals surface area contributed by atoms with Gasteiger partial charge in [0.1, 0.15) is 5.75 Å². The highest BCUT2D eigenvalue weighted by Crippen LogP contribution is 2.37. The molecule has 0 saturated heterocycles. The van der Waals surface area contributed by atoms with Crippen molar-refractivity contribution in [2.75, 3.05) is 0 Å². The Labute approximate surface area is 92.8 Å². The van der Waals surface area contributed by atoms with Crippen LogP contribution in [0.3, 0.4) is 0 Å². The van der Waals surface area contributed by atoms with Crippen molar-refractivity contribution in [1.82, 2.24) is 0 Å². The number of halogens is 4. The maximum Gasteiger partial charge on any atom is 0.257 e. The van der Waals surface area contributed by atoms with E-state index in [2.05, 4.69) is 15.9 Å². The van der Waals surface area contributed by atoms with Gasteiger partial charge >= 0.3 is 0 Å². The van der Waals surface area contributed by atoms with Gasteiger partial charge in [0.2, 0.25) is 0 Å². The van der Waals surface area contributed by atoms with Crippen LogP contribution in [-0.2, 0) is 0 Å². The molecule has 0 heterocycles. The lowest BCUT2D eigenvalue weighted by atomic mass is 10.1. The van der Waals surface area contributed by atoms with Crippen LogP contribution in [0.15, 0.2) is 16.6 Å². The second kappa shape index (κ2) is 4.42. The molecule has 1 rings (SSSR count). The third-order valence-electron chi connectivity index (χ3n) is 1.73. The third-order valence-corrected chi connectivity index (χ3v) is 3.08. The summed E-state index contributed by atoms with van der Waals surface area (Å²) in [6.45, 7) is 0. The Balaban J connectivity index is 3.17. The van der Waals surface area contributed by atoms with E-state index >= 15 is 0 Å². The highest BCUT2D eigenvalue weighted by molar-refractivity contribution is 9.10. The summed E-state index contributed by atoms with van der Waals surface area (Å²) in [5, 5.41) is 9.70. The normalized spacial score (nSPS) is 13.3. The number of phenolic OH excluding ortho intramolecular Hbond substituents is 1. The van der Waals surface area contributed by atoms with Gasteiger partial charge in [0.25, 0.3) is 6.43 Å². The van der Waals surface area contributed by atoms with Gasteiger partial charge in [-0.15, -0.1) is 0 Å². The molecule has 1 atom stereocenters. The molecule has 0 aliphatic heterocycles. The number of hydrogen-bond acceptors (Lipinski definition) is 2. The minimum absolute atomic E-state index is 0.0312. The van der Waals surface area contributed by atoms with Gasteiger partial charge < -0.3 is 10.8 Å². The van der Waals surface area contributed by atoms with Gasteiger partial charge in [0.05, 0.1) is 15.5 Å². The van der Waals surface area contributed by atoms with Crippen molar-refractivity contribution in [3.8, 4) is 5.75 Å². The van der Waals surface area contributed by atoms with Gasteiger partial charge in [-0.3, -0.25) is 0 Å². The predicted octanol–water partition coefficient (Wildman–Crippen LogP) is 3.07. The summed E-state index contributed by atoms with van der Waals surface area (Å²) in [5.41, 5.74) is 5.15. The molecule has 1 aromatic rings. The molecule has 0 bridgehead atoms. The quantitative estimate of drug-likeness (QED) is 0.877. The summed E-state index contributed by atoms with van der Waals surface area (Å²) < 4.78 is 24.7. The molecule has 78 valence electrons. The first-order chi connectivity index (χ1) is 6.45. The second-order valence-electron chi connectivity index (χ2n) is 2.66. The first kappa shape index (κ1) is 11.7. The third kappa shape index (κ3) is 2.16. The number of alkyl halides is 2. The fraction of sp³-hybridized carbons (Fsp3) is 0.250. The number of benzene rings is 1. The lowest BCUT2D eigenvalue weighted by Crippen LogP contribution is -2.19. The molecule has 0 unspecified atom stereocenters. The van der Waals surface area contributed by atoms with Gasteiger partial charge in [-0.05, 0) is 22.0 Å². The molecule has 6 heteroatoms. The number of rotatable bonds is 2. The van der Waals surface area contributed by atoms with Crippen LogP contribution < -0.4 is 5.73 Å². The van der Waals surface area contributed by atoms with Crippen LogP contribution in [-0.4, -0.2) is 11.5 Å². The zero-order valence-electron chi connectivity index (χ0n) is 6.85. The van der Waals surface area contributed by atoms with Gasteiger partial charge in [-0.25, -0.2) is 8.78 Å². The van der Waals surface area contributed by atoms with Crippen molar-refractivity contribution < 1.29 is 13.9 Å². The van der Waals surface area contributed by atoms with E-state index < -0.39 is 12.5 Å². The molecular formula is C8H7BrClF2NO. The Bertz CT molecular complexity index is 348. The van der Waals surface area contributed by atoms with E-state index in [0.29, 0.717) is 0 Å². The van der Waals surface area contributed by atoms with E-state index in [1.54, 1.807) is 0 Å². The van der Waals surface area contributed by atoms with E-state index in [1.165, 1.54) is 12.1 Å². The smallest absolute Gasteiger partial charge is 0.257 e. The molecule has 1 aromatic carbocycles. The maximum absolute atomic E-state index is 12.2. The van der Waals surface area contributed by atoms with E-state index in [9.17, 15) is 13.9 Å². The Morgan fingerprint density at radius 3 is 2.50 bits per heavy atom. The van der Waals surface area contributed by atoms with Crippen molar-refractivity contribution in [2.45, 2.75) is 12.5 Å². The maximum atomic E-state index is 12.2. The molecule has 0 spiro atoms. The van der Waals surface area contributed by atoms with Gasteiger partial charge in [-0.2, -0.15) is 0 Å². The predicted molar refractivity (Wildman–Crippen MR) is 53.7 cm³/mol. The number of aromatic hydroxyl groups is 1. The molecule has 2 nitrogen and oxygen atoms in total. The molecule has 0 amide bonds. The summed E-state index contributed by atoms with van der Waals surface area (Å²) in [6, 6.07) is 1.16. The molecule has 3 N–H and O–H groups in total. The van der Waals surface area contributed by atoms with E-state index in [0.717, 1.165) is 0 Å². The van der Waals surface area contributed by atoms with Crippen molar-refractivity contribution in [1.29, 1.82) is 0 Å². The second-order valence-corrected chi connectivity index (χ2v) is 3.86. The van der Waals surface area contributed by atoms with Crippen LogP contribution in [0.25, 0.3) is 0 Å². The summed E-state index contributed by atoms with van der Waals surface area (Å²) in [6.07, 6.45) is -2.73. The first-order valence-corrected chi connectivity index (χ1v) is 4.82. The highest BCUT2D eigenvalue weighted by atomic mass is 79.9. The molecule has 0 saturated carbocycles. The van der Waals surface area contributed by atoms with Crippen molar-refractivity contribution in [3.05, 3.63) is 27.2 Å². The zero-order chi connectivity index (χ0) is 10.9. The standard InChI is InChI=1S/C8H7BrClF2NO/c9-5-4(10)2-1-3(7(5)14)6(13)8(11)12/h1-2,6,8,14H,13H2/t6-/m0/s1. The Morgan fingerprint density at radius 1 is 1.43 bits per heavy atom. The lowest BCUT2D eigenvalue weighted by Gasteiger charge is -2.13. The minimum Gasteiger partial charge on any atom is -0.506 e. The summed E-state index contributed by atoms with van der Waals surface area (Å²) in [7, 11) is 0. The highest BCUT2D eigenvalue weighted by Gasteiger charge is 2.22. The van der Waals surface area contributed by atoms with Gasteiger partial charge in [0.15, 0.2) is 0 Å². The van der Waals surface area contributed by atoms with Crippen molar-refractivity contribution in [3.63, 3.8) is 0 Å². The van der Waals surface area contributed by atoms with Crippen molar-refractivity contribution in [2.24, 2.45) is 5.73 Å². The summed E-state index contributed by atoms with van der Waals surface area (Å²) >= 11 is 8.60. The first-order valence-electron chi connectivity index (χ1n) is 3.65. The SMILES string of the molecule is N[C@@H](c1ccc(Cl)c(Br)c1O)C(F)F. The average Bonchev–Trinajstić information content (AvgIpc) is 2.13. The van der Waals surface area contributed by atoms with Crippen LogP contribution in [0.1, 0.15) is 11.6 Å².